The zero-order valence-corrected chi connectivity index (χ0v) is 20.3. The van der Waals surface area contributed by atoms with Gasteiger partial charge >= 0.3 is 0 Å². The number of hydrogen-bond acceptors (Lipinski definition) is 1. The zero-order valence-electron chi connectivity index (χ0n) is 20.3. The third kappa shape index (κ3) is 7.68. The lowest BCUT2D eigenvalue weighted by Crippen LogP contribution is -2.54. The van der Waals surface area contributed by atoms with Crippen molar-refractivity contribution in [3.8, 4) is 11.8 Å². The average Bonchev–Trinajstić information content (AvgIpc) is 2.74. The van der Waals surface area contributed by atoms with E-state index in [0.29, 0.717) is 12.0 Å². The van der Waals surface area contributed by atoms with Crippen molar-refractivity contribution in [3.63, 3.8) is 0 Å². The molecule has 170 valence electrons. The summed E-state index contributed by atoms with van der Waals surface area (Å²) in [7, 11) is 0. The molecule has 2 aromatic rings. The molecule has 4 rings (SSSR count). The lowest BCUT2D eigenvalue weighted by molar-refractivity contribution is 0.0516. The molecule has 2 aliphatic rings. The molecule has 0 N–H and O–H groups in total. The van der Waals surface area contributed by atoms with Crippen molar-refractivity contribution in [2.75, 3.05) is 13.1 Å². The quantitative estimate of drug-likeness (QED) is 0.235. The maximum absolute atomic E-state index is 4.11. The van der Waals surface area contributed by atoms with E-state index in [1.807, 2.05) is 18.2 Å². The molecule has 1 heteroatoms. The molecular formula is C31H41N. The highest BCUT2D eigenvalue weighted by Crippen LogP contribution is 2.37. The number of unbranched alkanes of at least 4 members (excludes halogenated alkanes) is 2. The van der Waals surface area contributed by atoms with Crippen molar-refractivity contribution in [2.24, 2.45) is 0 Å². The number of benzene rings is 2. The van der Waals surface area contributed by atoms with E-state index in [9.17, 15) is 0 Å². The summed E-state index contributed by atoms with van der Waals surface area (Å²) in [5.41, 5.74) is 4.91. The van der Waals surface area contributed by atoms with Crippen LogP contribution in [0.3, 0.4) is 0 Å². The molecule has 1 aliphatic carbocycles. The minimum absolute atomic E-state index is 0.650. The van der Waals surface area contributed by atoms with E-state index in [2.05, 4.69) is 73.6 Å². The highest BCUT2D eigenvalue weighted by molar-refractivity contribution is 5.44. The van der Waals surface area contributed by atoms with E-state index in [-0.39, 0.29) is 0 Å². The molecule has 0 bridgehead atoms. The highest BCUT2D eigenvalue weighted by Gasteiger charge is 2.38. The van der Waals surface area contributed by atoms with Crippen molar-refractivity contribution < 1.29 is 0 Å². The molecule has 2 fully saturated rings. The first-order chi connectivity index (χ1) is 15.7. The molecule has 1 saturated carbocycles. The molecule has 0 aromatic heterocycles. The van der Waals surface area contributed by atoms with Crippen LogP contribution in [0.25, 0.3) is 0 Å². The van der Waals surface area contributed by atoms with E-state index in [4.69, 9.17) is 0 Å². The molecular weight excluding hydrogens is 386 g/mol. The molecule has 32 heavy (non-hydrogen) atoms. The average molecular weight is 428 g/mol. The van der Waals surface area contributed by atoms with Gasteiger partial charge in [-0.2, -0.15) is 0 Å². The third-order valence-corrected chi connectivity index (χ3v) is 6.74. The molecule has 1 aliphatic heterocycles. The first-order valence-corrected chi connectivity index (χ1v) is 12.7. The Morgan fingerprint density at radius 3 is 2.09 bits per heavy atom. The fourth-order valence-corrected chi connectivity index (χ4v) is 4.28. The summed E-state index contributed by atoms with van der Waals surface area (Å²) in [4.78, 5) is 2.69. The number of nitrogens with zero attached hydrogens (tertiary/aromatic N) is 1. The first-order valence-electron chi connectivity index (χ1n) is 12.7. The topological polar surface area (TPSA) is 3.24 Å². The molecule has 0 amide bonds. The van der Waals surface area contributed by atoms with Gasteiger partial charge in [-0.05, 0) is 62.6 Å². The van der Waals surface area contributed by atoms with Gasteiger partial charge in [-0.25, -0.2) is 0 Å². The van der Waals surface area contributed by atoms with Crippen LogP contribution in [0.5, 0.6) is 0 Å². The number of allylic oxidation sites excluding steroid dienone is 1. The maximum atomic E-state index is 4.11. The second-order valence-corrected chi connectivity index (χ2v) is 9.52. The monoisotopic (exact) mass is 427 g/mol. The first kappa shape index (κ1) is 24.3. The Kier molecular flexibility index (Phi) is 10.1. The van der Waals surface area contributed by atoms with Gasteiger partial charge in [0.15, 0.2) is 0 Å². The van der Waals surface area contributed by atoms with Crippen molar-refractivity contribution >= 4 is 0 Å². The van der Waals surface area contributed by atoms with Crippen molar-refractivity contribution in [3.05, 3.63) is 83.4 Å². The van der Waals surface area contributed by atoms with Crippen LogP contribution in [-0.2, 0) is 0 Å². The summed E-state index contributed by atoms with van der Waals surface area (Å²) in [6.45, 7) is 11.0. The zero-order chi connectivity index (χ0) is 22.6. The summed E-state index contributed by atoms with van der Waals surface area (Å²) >= 11 is 0. The lowest BCUT2D eigenvalue weighted by atomic mass is 9.79. The molecule has 2 atom stereocenters. The van der Waals surface area contributed by atoms with E-state index in [1.165, 1.54) is 75.6 Å². The van der Waals surface area contributed by atoms with Crippen LogP contribution in [-0.4, -0.2) is 24.0 Å². The van der Waals surface area contributed by atoms with E-state index >= 15 is 0 Å². The summed E-state index contributed by atoms with van der Waals surface area (Å²) in [6.07, 6.45) is 12.3. The second kappa shape index (κ2) is 13.3. The van der Waals surface area contributed by atoms with Crippen LogP contribution in [0, 0.1) is 11.8 Å². The smallest absolute Gasteiger partial charge is 0.0249 e. The predicted octanol–water partition coefficient (Wildman–Crippen LogP) is 7.96. The standard InChI is InChI=1S/C27H33N.C4H8/c1-4-5-9-20-28-21-26(27(28)19-12-22(2)3)25-17-15-24(16-18-25)14-13-23-10-7-6-8-11-23;1-2-4-3-1/h6-8,10-11,15-18,26-27H,2,4-5,9,12,19-21H2,1,3H3;1-4H2/t26-,27+;/m1./s1. The van der Waals surface area contributed by atoms with Gasteiger partial charge in [0.25, 0.3) is 0 Å². The Morgan fingerprint density at radius 1 is 0.906 bits per heavy atom. The number of hydrogen-bond donors (Lipinski definition) is 0. The molecule has 2 aromatic carbocycles. The maximum Gasteiger partial charge on any atom is 0.0249 e. The van der Waals surface area contributed by atoms with Crippen LogP contribution in [0.4, 0.5) is 0 Å². The number of rotatable bonds is 8. The molecule has 0 spiro atoms. The summed E-state index contributed by atoms with van der Waals surface area (Å²) in [5.74, 6) is 7.18. The van der Waals surface area contributed by atoms with E-state index in [1.54, 1.807) is 0 Å². The fraction of sp³-hybridized carbons (Fsp3) is 0.484. The Hall–Kier alpha value is -2.30. The van der Waals surface area contributed by atoms with Crippen LogP contribution >= 0.6 is 0 Å². The van der Waals surface area contributed by atoms with Gasteiger partial charge in [-0.15, -0.1) is 6.58 Å². The van der Waals surface area contributed by atoms with E-state index < -0.39 is 0 Å². The third-order valence-electron chi connectivity index (χ3n) is 6.74. The number of likely N-dealkylation sites (tertiary alicyclic amines) is 1. The Labute approximate surface area is 196 Å². The highest BCUT2D eigenvalue weighted by atomic mass is 15.2. The largest absolute Gasteiger partial charge is 0.299 e. The molecule has 1 heterocycles. The Balaban J connectivity index is 0.000000650. The van der Waals surface area contributed by atoms with Crippen molar-refractivity contribution in [2.45, 2.75) is 83.6 Å². The second-order valence-electron chi connectivity index (χ2n) is 9.52. The van der Waals surface area contributed by atoms with Crippen LogP contribution < -0.4 is 0 Å². The Morgan fingerprint density at radius 2 is 1.53 bits per heavy atom. The molecule has 1 nitrogen and oxygen atoms in total. The SMILES string of the molecule is C1CCC1.C=C(C)CC[C@H]1[C@@H](c2ccc(C#Cc3ccccc3)cc2)CN1CCCCC. The van der Waals surface area contributed by atoms with Gasteiger partial charge in [-0.1, -0.05) is 93.2 Å². The van der Waals surface area contributed by atoms with Gasteiger partial charge in [0.1, 0.15) is 0 Å². The normalized spacial score (nSPS) is 19.4. The van der Waals surface area contributed by atoms with Crippen LogP contribution in [0.15, 0.2) is 66.7 Å². The molecule has 1 saturated heterocycles. The van der Waals surface area contributed by atoms with Crippen LogP contribution in [0.2, 0.25) is 0 Å². The van der Waals surface area contributed by atoms with Gasteiger partial charge in [0.2, 0.25) is 0 Å². The fourth-order valence-electron chi connectivity index (χ4n) is 4.28. The Bertz CT molecular complexity index is 860. The molecule has 0 radical (unpaired) electrons. The van der Waals surface area contributed by atoms with Gasteiger partial charge in [0.05, 0.1) is 0 Å². The minimum atomic E-state index is 0.650. The van der Waals surface area contributed by atoms with Crippen molar-refractivity contribution in [1.82, 2.24) is 4.90 Å². The van der Waals surface area contributed by atoms with Gasteiger partial charge in [-0.3, -0.25) is 4.90 Å². The van der Waals surface area contributed by atoms with Gasteiger partial charge < -0.3 is 0 Å². The summed E-state index contributed by atoms with van der Waals surface area (Å²) in [6, 6.07) is 19.8. The summed E-state index contributed by atoms with van der Waals surface area (Å²) < 4.78 is 0. The van der Waals surface area contributed by atoms with Gasteiger partial charge in [0, 0.05) is 29.6 Å². The molecule has 0 unspecified atom stereocenters. The predicted molar refractivity (Wildman–Crippen MR) is 139 cm³/mol. The van der Waals surface area contributed by atoms with Crippen molar-refractivity contribution in [1.29, 1.82) is 0 Å². The lowest BCUT2D eigenvalue weighted by Gasteiger charge is -2.49. The van der Waals surface area contributed by atoms with Crippen LogP contribution in [0.1, 0.15) is 94.2 Å². The minimum Gasteiger partial charge on any atom is -0.299 e. The summed E-state index contributed by atoms with van der Waals surface area (Å²) in [5, 5.41) is 0. The van der Waals surface area contributed by atoms with E-state index in [0.717, 1.165) is 17.5 Å².